The Morgan fingerprint density at radius 3 is 2.55 bits per heavy atom. The number of aryl methyl sites for hydroxylation is 1. The van der Waals surface area contributed by atoms with E-state index in [1.165, 1.54) is 0 Å². The molecule has 0 aliphatic carbocycles. The lowest BCUT2D eigenvalue weighted by Crippen LogP contribution is -2.25. The molecule has 8 nitrogen and oxygen atoms in total. The zero-order valence-corrected chi connectivity index (χ0v) is 17.0. The van der Waals surface area contributed by atoms with E-state index in [0.717, 1.165) is 47.2 Å². The van der Waals surface area contributed by atoms with Gasteiger partial charge in [-0.25, -0.2) is 5.14 Å². The number of pyridine rings is 1. The number of hydrogen-bond donors (Lipinski definition) is 2. The summed E-state index contributed by atoms with van der Waals surface area (Å²) in [4.78, 5) is 6.70. The number of fused-ring (bicyclic) bond motifs is 2. The molecule has 29 heavy (non-hydrogen) atoms. The summed E-state index contributed by atoms with van der Waals surface area (Å²) in [7, 11) is -0.604. The molecule has 2 heterocycles. The lowest BCUT2D eigenvalue weighted by atomic mass is 9.99. The van der Waals surface area contributed by atoms with Crippen molar-refractivity contribution in [3.63, 3.8) is 0 Å². The highest BCUT2D eigenvalue weighted by molar-refractivity contribution is 7.90. The molecule has 0 atom stereocenters. The van der Waals surface area contributed by atoms with Crippen molar-refractivity contribution >= 4 is 38.2 Å². The van der Waals surface area contributed by atoms with Gasteiger partial charge in [-0.15, -0.1) is 0 Å². The molecule has 1 aromatic heterocycles. The van der Waals surface area contributed by atoms with Gasteiger partial charge in [-0.3, -0.25) is 9.71 Å². The highest BCUT2D eigenvalue weighted by atomic mass is 32.2. The molecule has 0 radical (unpaired) electrons. The number of ether oxygens (including phenoxy) is 2. The van der Waals surface area contributed by atoms with Crippen LogP contribution in [-0.2, 0) is 16.6 Å². The number of hydrogen-bond acceptors (Lipinski definition) is 6. The Kier molecular flexibility index (Phi) is 4.93. The first-order valence-corrected chi connectivity index (χ1v) is 10.7. The number of nitrogens with one attached hydrogen (secondary N) is 1. The van der Waals surface area contributed by atoms with Gasteiger partial charge in [-0.2, -0.15) is 8.42 Å². The standard InChI is InChI=1S/C20H22N4O4S/c1-27-19-11-15-16(12-20(19)28-2)22-8-7-18(15)24-9-3-4-13-10-14(5-6-17(13)24)23-29(21,25)26/h5-8,10-12,23H,3-4,9H2,1-2H3,(H2,21,25,26). The highest BCUT2D eigenvalue weighted by Crippen LogP contribution is 2.41. The minimum Gasteiger partial charge on any atom is -0.493 e. The van der Waals surface area contributed by atoms with Gasteiger partial charge >= 0.3 is 0 Å². The van der Waals surface area contributed by atoms with Crippen molar-refractivity contribution in [2.75, 3.05) is 30.4 Å². The second-order valence-corrected chi connectivity index (χ2v) is 8.09. The summed E-state index contributed by atoms with van der Waals surface area (Å²) >= 11 is 0. The molecular weight excluding hydrogens is 392 g/mol. The average molecular weight is 414 g/mol. The molecule has 9 heteroatoms. The first-order valence-electron chi connectivity index (χ1n) is 9.11. The predicted octanol–water partition coefficient (Wildman–Crippen LogP) is 2.95. The fourth-order valence-electron chi connectivity index (χ4n) is 3.77. The molecule has 152 valence electrons. The smallest absolute Gasteiger partial charge is 0.296 e. The van der Waals surface area contributed by atoms with Gasteiger partial charge in [-0.05, 0) is 48.7 Å². The van der Waals surface area contributed by atoms with Crippen LogP contribution in [0.1, 0.15) is 12.0 Å². The summed E-state index contributed by atoms with van der Waals surface area (Å²) in [5.74, 6) is 1.27. The van der Waals surface area contributed by atoms with Gasteiger partial charge in [0, 0.05) is 29.9 Å². The van der Waals surface area contributed by atoms with Crippen molar-refractivity contribution in [3.8, 4) is 11.5 Å². The van der Waals surface area contributed by atoms with Crippen LogP contribution < -0.4 is 24.2 Å². The third-order valence-electron chi connectivity index (χ3n) is 4.97. The monoisotopic (exact) mass is 414 g/mol. The number of benzene rings is 2. The molecular formula is C20H22N4O4S. The summed E-state index contributed by atoms with van der Waals surface area (Å²) < 4.78 is 35.9. The molecule has 0 amide bonds. The topological polar surface area (TPSA) is 107 Å². The fraction of sp³-hybridized carbons (Fsp3) is 0.250. The van der Waals surface area contributed by atoms with Crippen molar-refractivity contribution in [1.29, 1.82) is 0 Å². The summed E-state index contributed by atoms with van der Waals surface area (Å²) in [6.07, 6.45) is 3.56. The van der Waals surface area contributed by atoms with E-state index in [2.05, 4.69) is 14.6 Å². The summed E-state index contributed by atoms with van der Waals surface area (Å²) in [6, 6.07) is 11.2. The SMILES string of the molecule is COc1cc2nccc(N3CCCc4cc(NS(N)(=O)=O)ccc43)c2cc1OC. The highest BCUT2D eigenvalue weighted by Gasteiger charge is 2.22. The summed E-state index contributed by atoms with van der Waals surface area (Å²) in [6.45, 7) is 0.836. The van der Waals surface area contributed by atoms with Gasteiger partial charge in [-0.1, -0.05) is 0 Å². The Labute approximate surface area is 169 Å². The molecule has 0 unspecified atom stereocenters. The van der Waals surface area contributed by atoms with E-state index in [4.69, 9.17) is 14.6 Å². The number of anilines is 3. The second-order valence-electron chi connectivity index (χ2n) is 6.80. The molecule has 1 aliphatic rings. The predicted molar refractivity (Wildman–Crippen MR) is 113 cm³/mol. The number of methoxy groups -OCH3 is 2. The Bertz CT molecular complexity index is 1180. The zero-order valence-electron chi connectivity index (χ0n) is 16.2. The van der Waals surface area contributed by atoms with Crippen LogP contribution >= 0.6 is 0 Å². The van der Waals surface area contributed by atoms with Crippen LogP contribution in [0.5, 0.6) is 11.5 Å². The largest absolute Gasteiger partial charge is 0.493 e. The maximum atomic E-state index is 11.3. The van der Waals surface area contributed by atoms with Gasteiger partial charge in [0.05, 0.1) is 31.1 Å². The fourth-order valence-corrected chi connectivity index (χ4v) is 4.22. The molecule has 0 saturated heterocycles. The number of aromatic nitrogens is 1. The van der Waals surface area contributed by atoms with E-state index >= 15 is 0 Å². The third kappa shape index (κ3) is 3.79. The van der Waals surface area contributed by atoms with Crippen LogP contribution in [0.3, 0.4) is 0 Å². The third-order valence-corrected chi connectivity index (χ3v) is 5.49. The van der Waals surface area contributed by atoms with Crippen LogP contribution in [0.4, 0.5) is 17.1 Å². The normalized spacial score (nSPS) is 13.8. The van der Waals surface area contributed by atoms with Gasteiger partial charge in [0.1, 0.15) is 0 Å². The maximum Gasteiger partial charge on any atom is 0.296 e. The van der Waals surface area contributed by atoms with E-state index in [0.29, 0.717) is 17.2 Å². The lowest BCUT2D eigenvalue weighted by Gasteiger charge is -2.32. The molecule has 0 spiro atoms. The van der Waals surface area contributed by atoms with Gasteiger partial charge < -0.3 is 14.4 Å². The van der Waals surface area contributed by atoms with E-state index in [9.17, 15) is 8.42 Å². The van der Waals surface area contributed by atoms with E-state index < -0.39 is 10.2 Å². The molecule has 3 aromatic rings. The molecule has 4 rings (SSSR count). The Hall–Kier alpha value is -3.04. The van der Waals surface area contributed by atoms with E-state index in [1.54, 1.807) is 26.5 Å². The summed E-state index contributed by atoms with van der Waals surface area (Å²) in [5.41, 5.74) is 4.34. The van der Waals surface area contributed by atoms with Crippen LogP contribution in [-0.4, -0.2) is 34.2 Å². The van der Waals surface area contributed by atoms with Gasteiger partial charge in [0.15, 0.2) is 11.5 Å². The lowest BCUT2D eigenvalue weighted by molar-refractivity contribution is 0.356. The Morgan fingerprint density at radius 1 is 1.07 bits per heavy atom. The molecule has 0 saturated carbocycles. The van der Waals surface area contributed by atoms with Crippen molar-refractivity contribution in [1.82, 2.24) is 4.98 Å². The van der Waals surface area contributed by atoms with Crippen molar-refractivity contribution in [2.45, 2.75) is 12.8 Å². The number of rotatable bonds is 5. The molecule has 2 aromatic carbocycles. The van der Waals surface area contributed by atoms with Crippen molar-refractivity contribution < 1.29 is 17.9 Å². The average Bonchev–Trinajstić information content (AvgIpc) is 2.70. The van der Waals surface area contributed by atoms with Crippen LogP contribution in [0, 0.1) is 0 Å². The molecule has 0 bridgehead atoms. The first kappa shape index (κ1) is 19.3. The molecule has 3 N–H and O–H groups in total. The molecule has 1 aliphatic heterocycles. The quantitative estimate of drug-likeness (QED) is 0.665. The maximum absolute atomic E-state index is 11.3. The molecule has 0 fully saturated rings. The summed E-state index contributed by atoms with van der Waals surface area (Å²) in [5, 5.41) is 6.05. The van der Waals surface area contributed by atoms with Crippen LogP contribution in [0.25, 0.3) is 10.9 Å². The van der Waals surface area contributed by atoms with E-state index in [1.807, 2.05) is 30.3 Å². The second kappa shape index (κ2) is 7.41. The van der Waals surface area contributed by atoms with Gasteiger partial charge in [0.25, 0.3) is 10.2 Å². The van der Waals surface area contributed by atoms with Gasteiger partial charge in [0.2, 0.25) is 0 Å². The number of nitrogens with two attached hydrogens (primary N) is 1. The number of nitrogens with zero attached hydrogens (tertiary/aromatic N) is 2. The minimum atomic E-state index is -3.81. The van der Waals surface area contributed by atoms with Crippen LogP contribution in [0.2, 0.25) is 0 Å². The first-order chi connectivity index (χ1) is 13.9. The Balaban J connectivity index is 1.82. The van der Waals surface area contributed by atoms with E-state index in [-0.39, 0.29) is 0 Å². The minimum absolute atomic E-state index is 0.457. The zero-order chi connectivity index (χ0) is 20.6. The Morgan fingerprint density at radius 2 is 1.83 bits per heavy atom. The van der Waals surface area contributed by atoms with Crippen molar-refractivity contribution in [3.05, 3.63) is 48.2 Å². The van der Waals surface area contributed by atoms with Crippen LogP contribution in [0.15, 0.2) is 42.6 Å². The van der Waals surface area contributed by atoms with Crippen molar-refractivity contribution in [2.24, 2.45) is 5.14 Å².